The lowest BCUT2D eigenvalue weighted by Crippen LogP contribution is -2.50. The van der Waals surface area contributed by atoms with E-state index in [9.17, 15) is 0 Å². The second-order valence-corrected chi connectivity index (χ2v) is 9.13. The number of benzene rings is 1. The highest BCUT2D eigenvalue weighted by Gasteiger charge is 2.41. The first kappa shape index (κ1) is 17.2. The Morgan fingerprint density at radius 2 is 2.04 bits per heavy atom. The summed E-state index contributed by atoms with van der Waals surface area (Å²) in [5.74, 6) is 0.932. The number of fused-ring (bicyclic) bond motifs is 2. The third-order valence-electron chi connectivity index (χ3n) is 5.82. The smallest absolute Gasteiger partial charge is 0.191 e. The Hall–Kier alpha value is -1.20. The molecule has 2 heterocycles. The summed E-state index contributed by atoms with van der Waals surface area (Å²) in [6.45, 7) is 0.966. The molecule has 0 amide bonds. The Bertz CT molecular complexity index is 600. The summed E-state index contributed by atoms with van der Waals surface area (Å²) in [6.07, 6.45) is 9.58. The number of nitrogens with zero attached hydrogens (tertiary/aromatic N) is 1. The zero-order valence-electron chi connectivity index (χ0n) is 15.0. The van der Waals surface area contributed by atoms with Crippen LogP contribution in [-0.4, -0.2) is 42.5 Å². The fraction of sp³-hybridized carbons (Fsp3) is 0.650. The third kappa shape index (κ3) is 3.98. The van der Waals surface area contributed by atoms with E-state index >= 15 is 0 Å². The van der Waals surface area contributed by atoms with Gasteiger partial charge < -0.3 is 15.4 Å². The molecule has 5 heteroatoms. The van der Waals surface area contributed by atoms with Crippen LogP contribution in [0.4, 0.5) is 0 Å². The highest BCUT2D eigenvalue weighted by Crippen LogP contribution is 2.44. The van der Waals surface area contributed by atoms with Gasteiger partial charge in [-0.05, 0) is 44.2 Å². The predicted molar refractivity (Wildman–Crippen MR) is 104 cm³/mol. The van der Waals surface area contributed by atoms with Gasteiger partial charge in [0.15, 0.2) is 5.96 Å². The summed E-state index contributed by atoms with van der Waals surface area (Å²) in [5, 5.41) is 7.23. The average Bonchev–Trinajstić information content (AvgIpc) is 3.37. The van der Waals surface area contributed by atoms with E-state index in [1.54, 1.807) is 0 Å². The Balaban J connectivity index is 1.35. The van der Waals surface area contributed by atoms with E-state index in [0.29, 0.717) is 18.2 Å². The molecule has 4 nitrogen and oxygen atoms in total. The Labute approximate surface area is 155 Å². The van der Waals surface area contributed by atoms with Crippen molar-refractivity contribution >= 4 is 17.7 Å². The first-order valence-electron chi connectivity index (χ1n) is 9.63. The van der Waals surface area contributed by atoms with Gasteiger partial charge in [-0.2, -0.15) is 0 Å². The molecular weight excluding hydrogens is 330 g/mol. The van der Waals surface area contributed by atoms with E-state index in [4.69, 9.17) is 4.74 Å². The lowest BCUT2D eigenvalue weighted by Gasteiger charge is -2.30. The van der Waals surface area contributed by atoms with Crippen LogP contribution in [0.25, 0.3) is 0 Å². The molecule has 2 aliphatic heterocycles. The van der Waals surface area contributed by atoms with Crippen molar-refractivity contribution in [1.82, 2.24) is 10.6 Å². The summed E-state index contributed by atoms with van der Waals surface area (Å²) in [7, 11) is 1.87. The van der Waals surface area contributed by atoms with Gasteiger partial charge in [-0.25, -0.2) is 0 Å². The molecule has 2 saturated heterocycles. The van der Waals surface area contributed by atoms with Crippen LogP contribution in [-0.2, 0) is 4.74 Å². The maximum absolute atomic E-state index is 5.96. The van der Waals surface area contributed by atoms with Crippen molar-refractivity contribution in [3.8, 4) is 0 Å². The zero-order chi connectivity index (χ0) is 17.1. The lowest BCUT2D eigenvalue weighted by molar-refractivity contribution is 0.0992. The number of nitrogens with one attached hydrogen (secondary N) is 2. The van der Waals surface area contributed by atoms with Gasteiger partial charge in [0.25, 0.3) is 0 Å². The molecule has 1 saturated carbocycles. The average molecular weight is 360 g/mol. The molecule has 2 bridgehead atoms. The van der Waals surface area contributed by atoms with Crippen molar-refractivity contribution in [3.63, 3.8) is 0 Å². The molecule has 3 fully saturated rings. The zero-order valence-corrected chi connectivity index (χ0v) is 15.9. The van der Waals surface area contributed by atoms with E-state index in [1.165, 1.54) is 43.4 Å². The first-order chi connectivity index (χ1) is 12.3. The van der Waals surface area contributed by atoms with Crippen LogP contribution in [0, 0.1) is 0 Å². The van der Waals surface area contributed by atoms with Crippen LogP contribution >= 0.6 is 11.8 Å². The third-order valence-corrected chi connectivity index (χ3v) is 7.32. The number of thioether (sulfide) groups is 1. The first-order valence-corrected chi connectivity index (χ1v) is 10.4. The molecule has 0 aromatic heterocycles. The van der Waals surface area contributed by atoms with Gasteiger partial charge in [0.05, 0.1) is 18.2 Å². The monoisotopic (exact) mass is 359 g/mol. The van der Waals surface area contributed by atoms with Crippen LogP contribution < -0.4 is 10.6 Å². The second-order valence-electron chi connectivity index (χ2n) is 7.59. The van der Waals surface area contributed by atoms with Crippen LogP contribution in [0.1, 0.15) is 44.9 Å². The number of guanidine groups is 1. The molecule has 136 valence electrons. The summed E-state index contributed by atoms with van der Waals surface area (Å²) >= 11 is 2.04. The minimum atomic E-state index is 0.282. The molecule has 3 aliphatic rings. The largest absolute Gasteiger partial charge is 0.373 e. The molecule has 25 heavy (non-hydrogen) atoms. The summed E-state index contributed by atoms with van der Waals surface area (Å²) < 4.78 is 6.24. The lowest BCUT2D eigenvalue weighted by atomic mass is 9.96. The van der Waals surface area contributed by atoms with Gasteiger partial charge in [-0.15, -0.1) is 11.8 Å². The number of hydrogen-bond acceptors (Lipinski definition) is 3. The van der Waals surface area contributed by atoms with Crippen LogP contribution in [0.5, 0.6) is 0 Å². The molecule has 1 aromatic rings. The van der Waals surface area contributed by atoms with Crippen molar-refractivity contribution in [2.24, 2.45) is 4.99 Å². The van der Waals surface area contributed by atoms with Crippen LogP contribution in [0.2, 0.25) is 0 Å². The molecule has 2 N–H and O–H groups in total. The number of ether oxygens (including phenoxy) is 1. The van der Waals surface area contributed by atoms with Crippen LogP contribution in [0.3, 0.4) is 0 Å². The van der Waals surface area contributed by atoms with Gasteiger partial charge in [-0.3, -0.25) is 4.99 Å². The standard InChI is InChI=1S/C20H29N3OS/c1-21-19(23-17-13-15-9-10-18(17)24-15)22-14-20(11-5-6-12-20)25-16-7-3-2-4-8-16/h2-4,7-8,15,17-18H,5-6,9-14H2,1H3,(H2,21,22,23). The maximum Gasteiger partial charge on any atom is 0.191 e. The normalized spacial score (nSPS) is 30.6. The summed E-state index contributed by atoms with van der Waals surface area (Å²) in [6, 6.07) is 11.2. The molecule has 3 atom stereocenters. The van der Waals surface area contributed by atoms with Crippen LogP contribution in [0.15, 0.2) is 40.2 Å². The molecule has 0 spiro atoms. The van der Waals surface area contributed by atoms with E-state index in [2.05, 4.69) is 46.0 Å². The molecule has 0 radical (unpaired) electrons. The molecular formula is C20H29N3OS. The number of aliphatic imine (C=N–C) groups is 1. The van der Waals surface area contributed by atoms with Gasteiger partial charge in [0.1, 0.15) is 0 Å². The van der Waals surface area contributed by atoms with Gasteiger partial charge in [0, 0.05) is 23.2 Å². The number of hydrogen-bond donors (Lipinski definition) is 2. The summed E-state index contributed by atoms with van der Waals surface area (Å²) in [4.78, 5) is 5.83. The minimum absolute atomic E-state index is 0.282. The van der Waals surface area contributed by atoms with E-state index in [1.807, 2.05) is 18.8 Å². The number of rotatable bonds is 5. The molecule has 3 unspecified atom stereocenters. The molecule has 4 rings (SSSR count). The molecule has 1 aromatic carbocycles. The van der Waals surface area contributed by atoms with Crippen molar-refractivity contribution < 1.29 is 4.74 Å². The van der Waals surface area contributed by atoms with Gasteiger partial charge >= 0.3 is 0 Å². The van der Waals surface area contributed by atoms with Crippen molar-refractivity contribution in [2.75, 3.05) is 13.6 Å². The summed E-state index contributed by atoms with van der Waals surface area (Å²) in [5.41, 5.74) is 0. The quantitative estimate of drug-likeness (QED) is 0.623. The fourth-order valence-corrected chi connectivity index (χ4v) is 5.91. The van der Waals surface area contributed by atoms with Gasteiger partial charge in [0.2, 0.25) is 0 Å². The Morgan fingerprint density at radius 1 is 1.24 bits per heavy atom. The maximum atomic E-state index is 5.96. The van der Waals surface area contributed by atoms with Crippen molar-refractivity contribution in [1.29, 1.82) is 0 Å². The fourth-order valence-electron chi connectivity index (χ4n) is 4.48. The van der Waals surface area contributed by atoms with E-state index in [0.717, 1.165) is 18.9 Å². The van der Waals surface area contributed by atoms with Gasteiger partial charge in [-0.1, -0.05) is 31.0 Å². The Morgan fingerprint density at radius 3 is 2.68 bits per heavy atom. The second kappa shape index (κ2) is 7.58. The van der Waals surface area contributed by atoms with E-state index < -0.39 is 0 Å². The molecule has 1 aliphatic carbocycles. The topological polar surface area (TPSA) is 45.7 Å². The highest BCUT2D eigenvalue weighted by atomic mass is 32.2. The van der Waals surface area contributed by atoms with E-state index in [-0.39, 0.29) is 4.75 Å². The minimum Gasteiger partial charge on any atom is -0.373 e. The Kier molecular flexibility index (Phi) is 5.23. The van der Waals surface area contributed by atoms with Crippen molar-refractivity contribution in [3.05, 3.63) is 30.3 Å². The van der Waals surface area contributed by atoms with Crippen molar-refractivity contribution in [2.45, 2.75) is 72.8 Å². The predicted octanol–water partition coefficient (Wildman–Crippen LogP) is 3.58. The highest BCUT2D eigenvalue weighted by molar-refractivity contribution is 8.00. The SMILES string of the molecule is CN=C(NCC1(Sc2ccccc2)CCCC1)NC1CC2CCC1O2.